The van der Waals surface area contributed by atoms with Crippen molar-refractivity contribution in [3.05, 3.63) is 0 Å². The highest BCUT2D eigenvalue weighted by molar-refractivity contribution is 4.92. The van der Waals surface area contributed by atoms with Crippen LogP contribution < -0.4 is 5.73 Å². The van der Waals surface area contributed by atoms with Gasteiger partial charge >= 0.3 is 6.18 Å². The maximum absolute atomic E-state index is 13.1. The Hall–Kier alpha value is -0.330. The van der Waals surface area contributed by atoms with E-state index in [1.54, 1.807) is 6.92 Å². The van der Waals surface area contributed by atoms with Crippen molar-refractivity contribution in [1.29, 1.82) is 0 Å². The third-order valence-electron chi connectivity index (χ3n) is 3.87. The highest BCUT2D eigenvalue weighted by Gasteiger charge is 2.48. The van der Waals surface area contributed by atoms with E-state index in [4.69, 9.17) is 5.73 Å². The Morgan fingerprint density at radius 3 is 2.33 bits per heavy atom. The first-order valence-corrected chi connectivity index (χ1v) is 6.51. The summed E-state index contributed by atoms with van der Waals surface area (Å²) < 4.78 is 39.3. The molecule has 1 aliphatic carbocycles. The molecule has 0 radical (unpaired) electrons. The number of aliphatic hydroxyl groups excluding tert-OH is 1. The van der Waals surface area contributed by atoms with E-state index < -0.39 is 30.4 Å². The molecule has 1 fully saturated rings. The molecule has 0 bridgehead atoms. The van der Waals surface area contributed by atoms with E-state index in [9.17, 15) is 18.3 Å². The molecule has 4 unspecified atom stereocenters. The van der Waals surface area contributed by atoms with Crippen LogP contribution in [0.25, 0.3) is 0 Å². The predicted octanol–water partition coefficient (Wildman–Crippen LogP) is 1.89. The Balaban J connectivity index is 2.84. The summed E-state index contributed by atoms with van der Waals surface area (Å²) in [5.74, 6) is 0. The summed E-state index contributed by atoms with van der Waals surface area (Å²) in [6, 6.07) is -3.08. The molecule has 6 heteroatoms. The number of hydrogen-bond acceptors (Lipinski definition) is 3. The third-order valence-corrected chi connectivity index (χ3v) is 3.87. The summed E-state index contributed by atoms with van der Waals surface area (Å²) in [6.45, 7) is 1.65. The van der Waals surface area contributed by atoms with Crippen molar-refractivity contribution in [2.24, 2.45) is 5.73 Å². The molecule has 0 amide bonds. The minimum atomic E-state index is -4.36. The van der Waals surface area contributed by atoms with Crippen molar-refractivity contribution < 1.29 is 18.3 Å². The van der Waals surface area contributed by atoms with E-state index >= 15 is 0 Å². The molecule has 0 heterocycles. The van der Waals surface area contributed by atoms with Crippen LogP contribution in [0.5, 0.6) is 0 Å². The van der Waals surface area contributed by atoms with E-state index in [0.717, 1.165) is 12.8 Å². The van der Waals surface area contributed by atoms with Crippen LogP contribution in [0.3, 0.4) is 0 Å². The van der Waals surface area contributed by atoms with E-state index in [1.165, 1.54) is 11.9 Å². The van der Waals surface area contributed by atoms with Crippen LogP contribution in [0, 0.1) is 0 Å². The molecule has 18 heavy (non-hydrogen) atoms. The topological polar surface area (TPSA) is 49.5 Å². The van der Waals surface area contributed by atoms with Crippen LogP contribution >= 0.6 is 0 Å². The molecular weight excluding hydrogens is 245 g/mol. The quantitative estimate of drug-likeness (QED) is 0.818. The molecule has 4 atom stereocenters. The van der Waals surface area contributed by atoms with Crippen molar-refractivity contribution in [2.75, 3.05) is 7.05 Å². The summed E-state index contributed by atoms with van der Waals surface area (Å²) in [7, 11) is 1.42. The van der Waals surface area contributed by atoms with Crippen LogP contribution in [0.15, 0.2) is 0 Å². The lowest BCUT2D eigenvalue weighted by atomic mass is 9.89. The van der Waals surface area contributed by atoms with Crippen molar-refractivity contribution in [2.45, 2.75) is 69.4 Å². The lowest BCUT2D eigenvalue weighted by molar-refractivity contribution is -0.197. The number of nitrogens with two attached hydrogens (primary N) is 1. The number of alkyl halides is 3. The molecule has 1 rings (SSSR count). The minimum absolute atomic E-state index is 0.261. The Labute approximate surface area is 106 Å². The second-order valence-electron chi connectivity index (χ2n) is 5.14. The zero-order valence-electron chi connectivity index (χ0n) is 11.0. The molecule has 1 saturated carbocycles. The first-order valence-electron chi connectivity index (χ1n) is 6.51. The summed E-state index contributed by atoms with van der Waals surface area (Å²) in [5, 5.41) is 9.86. The number of aliphatic hydroxyl groups is 1. The van der Waals surface area contributed by atoms with Crippen molar-refractivity contribution in [1.82, 2.24) is 4.90 Å². The van der Waals surface area contributed by atoms with Crippen molar-refractivity contribution in [3.63, 3.8) is 0 Å². The molecule has 0 aromatic heterocycles. The number of hydrogen-bond donors (Lipinski definition) is 2. The van der Waals surface area contributed by atoms with E-state index in [1.807, 2.05) is 0 Å². The monoisotopic (exact) mass is 268 g/mol. The average molecular weight is 268 g/mol. The largest absolute Gasteiger partial charge is 0.405 e. The Morgan fingerprint density at radius 2 is 1.89 bits per heavy atom. The lowest BCUT2D eigenvalue weighted by Gasteiger charge is -2.42. The highest BCUT2D eigenvalue weighted by atomic mass is 19.4. The molecule has 0 aromatic rings. The fraction of sp³-hybridized carbons (Fsp3) is 1.00. The van der Waals surface area contributed by atoms with Gasteiger partial charge in [0.2, 0.25) is 0 Å². The number of rotatable bonds is 4. The van der Waals surface area contributed by atoms with Gasteiger partial charge in [-0.2, -0.15) is 13.2 Å². The van der Waals surface area contributed by atoms with Gasteiger partial charge in [-0.25, -0.2) is 0 Å². The van der Waals surface area contributed by atoms with E-state index in [2.05, 4.69) is 0 Å². The number of likely N-dealkylation sites (N-methyl/N-ethyl adjacent to an activating group) is 1. The highest BCUT2D eigenvalue weighted by Crippen LogP contribution is 2.32. The van der Waals surface area contributed by atoms with Crippen LogP contribution in [-0.2, 0) is 0 Å². The maximum Gasteiger partial charge on any atom is 0.405 e. The zero-order valence-corrected chi connectivity index (χ0v) is 11.0. The molecule has 0 aromatic carbocycles. The van der Waals surface area contributed by atoms with Gasteiger partial charge in [0.1, 0.15) is 6.04 Å². The molecule has 3 N–H and O–H groups in total. The summed E-state index contributed by atoms with van der Waals surface area (Å²) >= 11 is 0. The third kappa shape index (κ3) is 3.59. The first kappa shape index (κ1) is 15.7. The molecule has 3 nitrogen and oxygen atoms in total. The Kier molecular flexibility index (Phi) is 5.43. The average Bonchev–Trinajstić information content (AvgIpc) is 2.27. The minimum Gasteiger partial charge on any atom is -0.391 e. The van der Waals surface area contributed by atoms with Gasteiger partial charge in [-0.3, -0.25) is 4.90 Å². The molecule has 1 aliphatic rings. The smallest absolute Gasteiger partial charge is 0.391 e. The first-order chi connectivity index (χ1) is 8.29. The lowest BCUT2D eigenvalue weighted by Crippen LogP contribution is -2.60. The van der Waals surface area contributed by atoms with Gasteiger partial charge in [0.05, 0.1) is 6.10 Å². The SMILES string of the molecule is CCC(N)C(N(C)C1CCCCC1O)C(F)(F)F. The predicted molar refractivity (Wildman–Crippen MR) is 64.1 cm³/mol. The van der Waals surface area contributed by atoms with Gasteiger partial charge in [0, 0.05) is 12.1 Å². The van der Waals surface area contributed by atoms with E-state index in [-0.39, 0.29) is 6.42 Å². The van der Waals surface area contributed by atoms with Crippen molar-refractivity contribution >= 4 is 0 Å². The number of nitrogens with zero attached hydrogens (tertiary/aromatic N) is 1. The van der Waals surface area contributed by atoms with Crippen LogP contribution in [0.1, 0.15) is 39.0 Å². The van der Waals surface area contributed by atoms with Gasteiger partial charge in [-0.15, -0.1) is 0 Å². The molecule has 0 saturated heterocycles. The fourth-order valence-corrected chi connectivity index (χ4v) is 2.77. The maximum atomic E-state index is 13.1. The fourth-order valence-electron chi connectivity index (χ4n) is 2.77. The Morgan fingerprint density at radius 1 is 1.33 bits per heavy atom. The van der Waals surface area contributed by atoms with Gasteiger partial charge in [0.15, 0.2) is 0 Å². The summed E-state index contributed by atoms with van der Waals surface area (Å²) in [4.78, 5) is 1.23. The Bertz CT molecular complexity index is 260. The molecule has 0 aliphatic heterocycles. The summed E-state index contributed by atoms with van der Waals surface area (Å²) in [6.07, 6.45) is -1.88. The standard InChI is InChI=1S/C12H23F3N2O/c1-3-8(16)11(12(13,14)15)17(2)9-6-4-5-7-10(9)18/h8-11,18H,3-7,16H2,1-2H3. The second kappa shape index (κ2) is 6.21. The molecular formula is C12H23F3N2O. The van der Waals surface area contributed by atoms with Crippen LogP contribution in [0.4, 0.5) is 13.2 Å². The second-order valence-corrected chi connectivity index (χ2v) is 5.14. The van der Waals surface area contributed by atoms with Crippen molar-refractivity contribution in [3.8, 4) is 0 Å². The normalized spacial score (nSPS) is 29.3. The van der Waals surface area contributed by atoms with Gasteiger partial charge in [0.25, 0.3) is 0 Å². The van der Waals surface area contributed by atoms with E-state index in [0.29, 0.717) is 12.8 Å². The van der Waals surface area contributed by atoms with Gasteiger partial charge < -0.3 is 10.8 Å². The van der Waals surface area contributed by atoms with Gasteiger partial charge in [-0.05, 0) is 26.3 Å². The number of halogens is 3. The van der Waals surface area contributed by atoms with Gasteiger partial charge in [-0.1, -0.05) is 19.8 Å². The van der Waals surface area contributed by atoms with Crippen LogP contribution in [0.2, 0.25) is 0 Å². The zero-order chi connectivity index (χ0) is 13.9. The molecule has 0 spiro atoms. The molecule has 108 valence electrons. The van der Waals surface area contributed by atoms with Crippen LogP contribution in [-0.4, -0.2) is 47.5 Å². The summed E-state index contributed by atoms with van der Waals surface area (Å²) in [5.41, 5.74) is 5.61.